The van der Waals surface area contributed by atoms with Gasteiger partial charge in [0, 0.05) is 20.1 Å². The van der Waals surface area contributed by atoms with E-state index < -0.39 is 5.97 Å². The first-order valence-electron chi connectivity index (χ1n) is 7.27. The molecule has 0 bridgehead atoms. The molecular formula is C16H23NO5. The molecule has 0 spiro atoms. The number of carboxylic acid groups (broad SMARTS) is 1. The quantitative estimate of drug-likeness (QED) is 0.710. The summed E-state index contributed by atoms with van der Waals surface area (Å²) in [4.78, 5) is 24.2. The summed E-state index contributed by atoms with van der Waals surface area (Å²) in [7, 11) is 1.52. The van der Waals surface area contributed by atoms with Gasteiger partial charge in [0.2, 0.25) is 5.91 Å². The first-order chi connectivity index (χ1) is 10.6. The Balaban J connectivity index is 2.52. The van der Waals surface area contributed by atoms with Gasteiger partial charge in [0.05, 0.1) is 13.2 Å². The van der Waals surface area contributed by atoms with Crippen molar-refractivity contribution in [1.82, 2.24) is 4.90 Å². The van der Waals surface area contributed by atoms with Crippen LogP contribution >= 0.6 is 0 Å². The summed E-state index contributed by atoms with van der Waals surface area (Å²) in [6.07, 6.45) is 0.833. The molecule has 1 N–H and O–H groups in total. The number of rotatable bonds is 10. The van der Waals surface area contributed by atoms with E-state index in [-0.39, 0.29) is 25.4 Å². The van der Waals surface area contributed by atoms with Gasteiger partial charge in [-0.25, -0.2) is 0 Å². The van der Waals surface area contributed by atoms with Crippen molar-refractivity contribution in [2.75, 3.05) is 33.4 Å². The van der Waals surface area contributed by atoms with Crippen LogP contribution in [0.4, 0.5) is 0 Å². The van der Waals surface area contributed by atoms with Crippen molar-refractivity contribution >= 4 is 11.9 Å². The van der Waals surface area contributed by atoms with Gasteiger partial charge in [-0.1, -0.05) is 12.1 Å². The highest BCUT2D eigenvalue weighted by atomic mass is 16.5. The fourth-order valence-corrected chi connectivity index (χ4v) is 1.99. The molecule has 0 radical (unpaired) electrons. The summed E-state index contributed by atoms with van der Waals surface area (Å²) in [6.45, 7) is 2.84. The third-order valence-corrected chi connectivity index (χ3v) is 3.11. The summed E-state index contributed by atoms with van der Waals surface area (Å²) < 4.78 is 10.3. The summed E-state index contributed by atoms with van der Waals surface area (Å²) in [6, 6.07) is 7.55. The van der Waals surface area contributed by atoms with Crippen LogP contribution in [-0.4, -0.2) is 55.3 Å². The van der Waals surface area contributed by atoms with Crippen LogP contribution in [-0.2, 0) is 20.7 Å². The lowest BCUT2D eigenvalue weighted by Gasteiger charge is -2.20. The van der Waals surface area contributed by atoms with E-state index in [4.69, 9.17) is 14.6 Å². The molecule has 1 amide bonds. The second kappa shape index (κ2) is 9.78. The minimum Gasteiger partial charge on any atom is -0.494 e. The summed E-state index contributed by atoms with van der Waals surface area (Å²) in [5.41, 5.74) is 1.01. The lowest BCUT2D eigenvalue weighted by atomic mass is 10.1. The van der Waals surface area contributed by atoms with Crippen LogP contribution < -0.4 is 4.74 Å². The van der Waals surface area contributed by atoms with Crippen molar-refractivity contribution < 1.29 is 24.2 Å². The molecule has 22 heavy (non-hydrogen) atoms. The van der Waals surface area contributed by atoms with Crippen molar-refractivity contribution in [3.05, 3.63) is 29.8 Å². The minimum atomic E-state index is -1.02. The van der Waals surface area contributed by atoms with Crippen molar-refractivity contribution in [3.8, 4) is 5.75 Å². The van der Waals surface area contributed by atoms with Gasteiger partial charge in [-0.05, 0) is 31.0 Å². The van der Waals surface area contributed by atoms with Crippen LogP contribution in [0.15, 0.2) is 24.3 Å². The van der Waals surface area contributed by atoms with Gasteiger partial charge < -0.3 is 19.5 Å². The zero-order chi connectivity index (χ0) is 16.4. The Labute approximate surface area is 130 Å². The summed E-state index contributed by atoms with van der Waals surface area (Å²) in [5, 5.41) is 8.85. The first-order valence-corrected chi connectivity index (χ1v) is 7.27. The average Bonchev–Trinajstić information content (AvgIpc) is 2.50. The van der Waals surface area contributed by atoms with Crippen molar-refractivity contribution in [2.45, 2.75) is 19.8 Å². The Hall–Kier alpha value is -2.08. The Kier molecular flexibility index (Phi) is 7.99. The number of hydrogen-bond donors (Lipinski definition) is 1. The molecular weight excluding hydrogens is 286 g/mol. The lowest BCUT2D eigenvalue weighted by molar-refractivity contribution is -0.144. The molecule has 0 unspecified atom stereocenters. The van der Waals surface area contributed by atoms with E-state index in [2.05, 4.69) is 0 Å². The van der Waals surface area contributed by atoms with Crippen molar-refractivity contribution in [1.29, 1.82) is 0 Å². The van der Waals surface area contributed by atoms with Crippen LogP contribution in [0.2, 0.25) is 0 Å². The predicted molar refractivity (Wildman–Crippen MR) is 82.0 cm³/mol. The van der Waals surface area contributed by atoms with Crippen LogP contribution in [0.3, 0.4) is 0 Å². The number of ether oxygens (including phenoxy) is 2. The van der Waals surface area contributed by atoms with Crippen LogP contribution in [0.1, 0.15) is 18.9 Å². The van der Waals surface area contributed by atoms with E-state index in [1.165, 1.54) is 12.0 Å². The van der Waals surface area contributed by atoms with E-state index in [1.54, 1.807) is 0 Å². The van der Waals surface area contributed by atoms with Gasteiger partial charge in [-0.3, -0.25) is 9.59 Å². The number of amides is 1. The van der Waals surface area contributed by atoms with Gasteiger partial charge in [0.1, 0.15) is 12.3 Å². The molecule has 6 heteroatoms. The molecule has 1 aromatic carbocycles. The Morgan fingerprint density at radius 3 is 2.45 bits per heavy atom. The van der Waals surface area contributed by atoms with E-state index in [0.29, 0.717) is 19.6 Å². The normalized spacial score (nSPS) is 10.3. The number of carbonyl (C=O) groups excluding carboxylic acids is 1. The SMILES string of the molecule is CCOc1ccc(CCC(=O)N(CCOC)CC(=O)O)cc1. The van der Waals surface area contributed by atoms with Gasteiger partial charge >= 0.3 is 5.97 Å². The largest absolute Gasteiger partial charge is 0.494 e. The molecule has 0 saturated heterocycles. The Bertz CT molecular complexity index is 472. The zero-order valence-corrected chi connectivity index (χ0v) is 13.1. The molecule has 122 valence electrons. The van der Waals surface area contributed by atoms with Crippen LogP contribution in [0.25, 0.3) is 0 Å². The molecule has 1 aromatic rings. The molecule has 6 nitrogen and oxygen atoms in total. The molecule has 0 fully saturated rings. The lowest BCUT2D eigenvalue weighted by Crippen LogP contribution is -2.38. The maximum absolute atomic E-state index is 12.1. The standard InChI is InChI=1S/C16H23NO5/c1-3-22-14-7-4-13(5-8-14)6-9-15(18)17(10-11-21-2)12-16(19)20/h4-5,7-8H,3,6,9-12H2,1-2H3,(H,19,20). The third kappa shape index (κ3) is 6.58. The molecule has 0 aliphatic heterocycles. The third-order valence-electron chi connectivity index (χ3n) is 3.11. The smallest absolute Gasteiger partial charge is 0.323 e. The minimum absolute atomic E-state index is 0.187. The van der Waals surface area contributed by atoms with Crippen LogP contribution in [0.5, 0.6) is 5.75 Å². The summed E-state index contributed by atoms with van der Waals surface area (Å²) in [5.74, 6) is -0.413. The van der Waals surface area contributed by atoms with E-state index in [9.17, 15) is 9.59 Å². The van der Waals surface area contributed by atoms with Gasteiger partial charge in [0.15, 0.2) is 0 Å². The number of methoxy groups -OCH3 is 1. The highest BCUT2D eigenvalue weighted by Gasteiger charge is 2.16. The number of nitrogens with zero attached hydrogens (tertiary/aromatic N) is 1. The zero-order valence-electron chi connectivity index (χ0n) is 13.1. The second-order valence-electron chi connectivity index (χ2n) is 4.78. The van der Waals surface area contributed by atoms with Crippen LogP contribution in [0, 0.1) is 0 Å². The van der Waals surface area contributed by atoms with Gasteiger partial charge in [-0.15, -0.1) is 0 Å². The Morgan fingerprint density at radius 2 is 1.91 bits per heavy atom. The van der Waals surface area contributed by atoms with Gasteiger partial charge in [0.25, 0.3) is 0 Å². The number of benzene rings is 1. The first kappa shape index (κ1) is 18.0. The number of aryl methyl sites for hydroxylation is 1. The molecule has 0 saturated carbocycles. The average molecular weight is 309 g/mol. The second-order valence-corrected chi connectivity index (χ2v) is 4.78. The Morgan fingerprint density at radius 1 is 1.23 bits per heavy atom. The molecule has 0 aliphatic rings. The molecule has 0 heterocycles. The van der Waals surface area contributed by atoms with Crippen molar-refractivity contribution in [2.24, 2.45) is 0 Å². The monoisotopic (exact) mass is 309 g/mol. The van der Waals surface area contributed by atoms with Gasteiger partial charge in [-0.2, -0.15) is 0 Å². The maximum atomic E-state index is 12.1. The van der Waals surface area contributed by atoms with E-state index in [1.807, 2.05) is 31.2 Å². The molecule has 0 aromatic heterocycles. The number of carbonyl (C=O) groups is 2. The fraction of sp³-hybridized carbons (Fsp3) is 0.500. The predicted octanol–water partition coefficient (Wildman–Crippen LogP) is 1.58. The maximum Gasteiger partial charge on any atom is 0.323 e. The topological polar surface area (TPSA) is 76.1 Å². The summed E-state index contributed by atoms with van der Waals surface area (Å²) >= 11 is 0. The van der Waals surface area contributed by atoms with E-state index in [0.717, 1.165) is 11.3 Å². The highest BCUT2D eigenvalue weighted by Crippen LogP contribution is 2.13. The molecule has 0 aliphatic carbocycles. The molecule has 0 atom stereocenters. The van der Waals surface area contributed by atoms with Crippen molar-refractivity contribution in [3.63, 3.8) is 0 Å². The number of aliphatic carboxylic acids is 1. The molecule has 1 rings (SSSR count). The highest BCUT2D eigenvalue weighted by molar-refractivity contribution is 5.81. The fourth-order valence-electron chi connectivity index (χ4n) is 1.99. The number of hydrogen-bond acceptors (Lipinski definition) is 4. The number of carboxylic acids is 1. The van der Waals surface area contributed by atoms with E-state index >= 15 is 0 Å².